The van der Waals surface area contributed by atoms with Crippen molar-refractivity contribution in [1.29, 1.82) is 0 Å². The highest BCUT2D eigenvalue weighted by Crippen LogP contribution is 2.56. The zero-order valence-corrected chi connectivity index (χ0v) is 16.4. The van der Waals surface area contributed by atoms with Crippen LogP contribution in [-0.2, 0) is 6.54 Å². The Labute approximate surface area is 169 Å². The molecule has 1 aromatic carbocycles. The van der Waals surface area contributed by atoms with Crippen LogP contribution in [0.25, 0.3) is 16.5 Å². The molecule has 0 unspecified atom stereocenters. The van der Waals surface area contributed by atoms with Gasteiger partial charge in [-0.1, -0.05) is 6.08 Å². The molecule has 0 radical (unpaired) electrons. The van der Waals surface area contributed by atoms with Gasteiger partial charge in [0.05, 0.1) is 30.9 Å². The summed E-state index contributed by atoms with van der Waals surface area (Å²) >= 11 is 0. The van der Waals surface area contributed by atoms with E-state index in [-0.39, 0.29) is 12.5 Å². The van der Waals surface area contributed by atoms with E-state index >= 15 is 0 Å². The Kier molecular flexibility index (Phi) is 4.34. The third-order valence-electron chi connectivity index (χ3n) is 6.15. The van der Waals surface area contributed by atoms with Gasteiger partial charge in [-0.2, -0.15) is 0 Å². The van der Waals surface area contributed by atoms with Crippen LogP contribution in [0.2, 0.25) is 0 Å². The van der Waals surface area contributed by atoms with E-state index in [0.717, 1.165) is 35.1 Å². The van der Waals surface area contributed by atoms with E-state index in [1.807, 2.05) is 12.1 Å². The molecule has 2 aromatic heterocycles. The maximum absolute atomic E-state index is 12.5. The van der Waals surface area contributed by atoms with E-state index in [9.17, 15) is 4.79 Å². The average molecular weight is 389 g/mol. The molecule has 1 saturated carbocycles. The molecule has 0 atom stereocenters. The Morgan fingerprint density at radius 3 is 2.83 bits per heavy atom. The van der Waals surface area contributed by atoms with E-state index in [4.69, 9.17) is 9.15 Å². The molecule has 1 spiro atoms. The SMILES string of the molecule is COc1cc(C2=CCC3(CC2)CC3)c2ncc(C(=O)NCc3ncco3)cc2c1. The molecule has 3 aromatic rings. The molecule has 0 aliphatic heterocycles. The van der Waals surface area contributed by atoms with Crippen molar-refractivity contribution < 1.29 is 13.9 Å². The number of methoxy groups -OCH3 is 1. The number of nitrogens with zero attached hydrogens (tertiary/aromatic N) is 2. The van der Waals surface area contributed by atoms with Gasteiger partial charge in [-0.25, -0.2) is 4.98 Å². The normalized spacial score (nSPS) is 17.2. The zero-order chi connectivity index (χ0) is 19.8. The van der Waals surface area contributed by atoms with E-state index in [1.165, 1.54) is 31.1 Å². The van der Waals surface area contributed by atoms with E-state index < -0.39 is 0 Å². The lowest BCUT2D eigenvalue weighted by Crippen LogP contribution is -2.23. The molecular formula is C23H23N3O3. The first-order chi connectivity index (χ1) is 14.2. The minimum absolute atomic E-state index is 0.213. The highest BCUT2D eigenvalue weighted by molar-refractivity contribution is 5.99. The summed E-state index contributed by atoms with van der Waals surface area (Å²) < 4.78 is 10.7. The number of aromatic nitrogens is 2. The summed E-state index contributed by atoms with van der Waals surface area (Å²) in [5, 5.41) is 3.71. The Morgan fingerprint density at radius 2 is 2.14 bits per heavy atom. The monoisotopic (exact) mass is 389 g/mol. The second kappa shape index (κ2) is 7.03. The van der Waals surface area contributed by atoms with Crippen molar-refractivity contribution in [2.24, 2.45) is 5.41 Å². The summed E-state index contributed by atoms with van der Waals surface area (Å²) in [6, 6.07) is 5.86. The molecule has 5 rings (SSSR count). The lowest BCUT2D eigenvalue weighted by atomic mass is 9.83. The third-order valence-corrected chi connectivity index (χ3v) is 6.15. The van der Waals surface area contributed by atoms with Gasteiger partial charge >= 0.3 is 0 Å². The van der Waals surface area contributed by atoms with Crippen molar-refractivity contribution in [2.75, 3.05) is 7.11 Å². The number of oxazole rings is 1. The van der Waals surface area contributed by atoms with Crippen LogP contribution in [0.4, 0.5) is 0 Å². The fourth-order valence-electron chi connectivity index (χ4n) is 4.13. The second-order valence-electron chi connectivity index (χ2n) is 8.01. The van der Waals surface area contributed by atoms with Crippen molar-refractivity contribution in [2.45, 2.75) is 38.6 Å². The molecule has 29 heavy (non-hydrogen) atoms. The lowest BCUT2D eigenvalue weighted by molar-refractivity contribution is 0.0947. The number of benzene rings is 1. The van der Waals surface area contributed by atoms with Gasteiger partial charge in [-0.05, 0) is 61.3 Å². The van der Waals surface area contributed by atoms with Crippen LogP contribution in [0, 0.1) is 5.41 Å². The van der Waals surface area contributed by atoms with Gasteiger partial charge in [0.1, 0.15) is 12.0 Å². The maximum atomic E-state index is 12.5. The smallest absolute Gasteiger partial charge is 0.253 e. The summed E-state index contributed by atoms with van der Waals surface area (Å²) in [6.45, 7) is 0.238. The van der Waals surface area contributed by atoms with Gasteiger partial charge in [-0.15, -0.1) is 0 Å². The molecule has 2 aliphatic rings. The number of fused-ring (bicyclic) bond motifs is 1. The van der Waals surface area contributed by atoms with Gasteiger partial charge < -0.3 is 14.5 Å². The first-order valence-corrected chi connectivity index (χ1v) is 10.00. The van der Waals surface area contributed by atoms with E-state index in [2.05, 4.69) is 27.4 Å². The van der Waals surface area contributed by atoms with Crippen molar-refractivity contribution in [3.63, 3.8) is 0 Å². The largest absolute Gasteiger partial charge is 0.497 e. The standard InChI is InChI=1S/C23H23N3O3/c1-28-18-11-16-10-17(22(27)26-14-20-24-8-9-29-20)13-25-21(16)19(12-18)15-2-4-23(5-3-15)6-7-23/h2,8-13H,3-7,14H2,1H3,(H,26,27). The molecule has 2 aliphatic carbocycles. The Balaban J connectivity index is 1.45. The van der Waals surface area contributed by atoms with Crippen LogP contribution in [0.5, 0.6) is 5.75 Å². The van der Waals surface area contributed by atoms with Crippen LogP contribution in [0.1, 0.15) is 53.9 Å². The highest BCUT2D eigenvalue weighted by atomic mass is 16.5. The zero-order valence-electron chi connectivity index (χ0n) is 16.4. The number of carbonyl (C=O) groups excluding carboxylic acids is 1. The van der Waals surface area contributed by atoms with Gasteiger partial charge in [0.15, 0.2) is 0 Å². The summed E-state index contributed by atoms with van der Waals surface area (Å²) in [7, 11) is 1.67. The van der Waals surface area contributed by atoms with Gasteiger partial charge in [0.2, 0.25) is 5.89 Å². The molecular weight excluding hydrogens is 366 g/mol. The molecule has 2 heterocycles. The second-order valence-corrected chi connectivity index (χ2v) is 8.01. The predicted molar refractivity (Wildman–Crippen MR) is 109 cm³/mol. The van der Waals surface area contributed by atoms with Crippen LogP contribution in [-0.4, -0.2) is 23.0 Å². The molecule has 0 bridgehead atoms. The quantitative estimate of drug-likeness (QED) is 0.695. The van der Waals surface area contributed by atoms with E-state index in [1.54, 1.807) is 19.5 Å². The fraction of sp³-hybridized carbons (Fsp3) is 0.348. The minimum atomic E-state index is -0.213. The van der Waals surface area contributed by atoms with Crippen molar-refractivity contribution in [1.82, 2.24) is 15.3 Å². The van der Waals surface area contributed by atoms with Crippen LogP contribution in [0.15, 0.2) is 47.3 Å². The number of hydrogen-bond acceptors (Lipinski definition) is 5. The molecule has 148 valence electrons. The van der Waals surface area contributed by atoms with Crippen LogP contribution >= 0.6 is 0 Å². The van der Waals surface area contributed by atoms with E-state index in [0.29, 0.717) is 16.9 Å². The number of ether oxygens (including phenoxy) is 1. The lowest BCUT2D eigenvalue weighted by Gasteiger charge is -2.22. The predicted octanol–water partition coefficient (Wildman–Crippen LogP) is 4.51. The summed E-state index contributed by atoms with van der Waals surface area (Å²) in [6.07, 6.45) is 13.2. The molecule has 6 nitrogen and oxygen atoms in total. The van der Waals surface area contributed by atoms with Gasteiger partial charge in [0, 0.05) is 17.1 Å². The molecule has 1 N–H and O–H groups in total. The molecule has 6 heteroatoms. The number of hydrogen-bond donors (Lipinski definition) is 1. The number of nitrogens with one attached hydrogen (secondary N) is 1. The minimum Gasteiger partial charge on any atom is -0.497 e. The number of amides is 1. The molecule has 1 amide bonds. The molecule has 0 saturated heterocycles. The number of rotatable bonds is 5. The number of allylic oxidation sites excluding steroid dienone is 2. The average Bonchev–Trinajstić information content (AvgIpc) is 3.30. The van der Waals surface area contributed by atoms with Gasteiger partial charge in [0.25, 0.3) is 5.91 Å². The third kappa shape index (κ3) is 3.50. The van der Waals surface area contributed by atoms with Crippen molar-refractivity contribution in [3.05, 3.63) is 59.9 Å². The first-order valence-electron chi connectivity index (χ1n) is 10.00. The fourth-order valence-corrected chi connectivity index (χ4v) is 4.13. The maximum Gasteiger partial charge on any atom is 0.253 e. The number of carbonyl (C=O) groups is 1. The van der Waals surface area contributed by atoms with Crippen LogP contribution < -0.4 is 10.1 Å². The summed E-state index contributed by atoms with van der Waals surface area (Å²) in [5.74, 6) is 1.03. The van der Waals surface area contributed by atoms with Crippen LogP contribution in [0.3, 0.4) is 0 Å². The summed E-state index contributed by atoms with van der Waals surface area (Å²) in [5.41, 5.74) is 4.44. The topological polar surface area (TPSA) is 77.2 Å². The van der Waals surface area contributed by atoms with Crippen molar-refractivity contribution >= 4 is 22.4 Å². The number of pyridine rings is 1. The first kappa shape index (κ1) is 17.9. The Bertz CT molecular complexity index is 1100. The van der Waals surface area contributed by atoms with Gasteiger partial charge in [-0.3, -0.25) is 9.78 Å². The summed E-state index contributed by atoms with van der Waals surface area (Å²) in [4.78, 5) is 21.2. The Hall–Kier alpha value is -3.15. The Morgan fingerprint density at radius 1 is 1.24 bits per heavy atom. The van der Waals surface area contributed by atoms with Crippen molar-refractivity contribution in [3.8, 4) is 5.75 Å². The molecule has 1 fully saturated rings. The highest BCUT2D eigenvalue weighted by Gasteiger charge is 2.42.